The Morgan fingerprint density at radius 3 is 2.89 bits per heavy atom. The van der Waals surface area contributed by atoms with Crippen molar-refractivity contribution in [1.82, 2.24) is 15.0 Å². The predicted molar refractivity (Wildman–Crippen MR) is 105 cm³/mol. The summed E-state index contributed by atoms with van der Waals surface area (Å²) in [7, 11) is 1.33. The SMILES string of the molecule is CCCCSc1nc2c(c(=O)[nH]1)C(c1cccnc1)C(C(=O)OC)=C(C)N2. The maximum Gasteiger partial charge on any atom is 0.336 e. The fourth-order valence-corrected chi connectivity index (χ4v) is 4.02. The number of aromatic amines is 1. The third-order valence-corrected chi connectivity index (χ3v) is 5.34. The largest absolute Gasteiger partial charge is 0.466 e. The van der Waals surface area contributed by atoms with Crippen LogP contribution in [0.1, 0.15) is 43.7 Å². The number of nitrogens with one attached hydrogen (secondary N) is 2. The van der Waals surface area contributed by atoms with Gasteiger partial charge in [-0.2, -0.15) is 0 Å². The summed E-state index contributed by atoms with van der Waals surface area (Å²) in [6.45, 7) is 3.90. The van der Waals surface area contributed by atoms with Crippen LogP contribution in [0.2, 0.25) is 0 Å². The molecule has 0 aliphatic carbocycles. The van der Waals surface area contributed by atoms with Crippen LogP contribution in [0.4, 0.5) is 5.82 Å². The molecule has 0 spiro atoms. The number of unbranched alkanes of at least 4 members (excludes halogenated alkanes) is 1. The highest BCUT2D eigenvalue weighted by Crippen LogP contribution is 2.39. The minimum atomic E-state index is -0.589. The second-order valence-corrected chi connectivity index (χ2v) is 7.29. The maximum atomic E-state index is 12.9. The molecular weight excluding hydrogens is 364 g/mol. The van der Waals surface area contributed by atoms with Crippen LogP contribution in [-0.2, 0) is 9.53 Å². The van der Waals surface area contributed by atoms with E-state index in [9.17, 15) is 9.59 Å². The number of allylic oxidation sites excluding steroid dienone is 1. The molecule has 1 unspecified atom stereocenters. The lowest BCUT2D eigenvalue weighted by molar-refractivity contribution is -0.136. The summed E-state index contributed by atoms with van der Waals surface area (Å²) in [6, 6.07) is 3.62. The minimum Gasteiger partial charge on any atom is -0.466 e. The van der Waals surface area contributed by atoms with Crippen molar-refractivity contribution in [2.75, 3.05) is 18.2 Å². The first-order chi connectivity index (χ1) is 13.1. The van der Waals surface area contributed by atoms with Gasteiger partial charge in [0.15, 0.2) is 5.16 Å². The number of rotatable bonds is 6. The van der Waals surface area contributed by atoms with Crippen LogP contribution in [0.5, 0.6) is 0 Å². The molecule has 142 valence electrons. The Hall–Kier alpha value is -2.61. The number of carbonyl (C=O) groups excluding carboxylic acids is 1. The lowest BCUT2D eigenvalue weighted by Gasteiger charge is -2.28. The van der Waals surface area contributed by atoms with Gasteiger partial charge in [0.25, 0.3) is 5.56 Å². The Bertz CT molecular complexity index is 924. The Labute approximate surface area is 161 Å². The number of aromatic nitrogens is 3. The molecule has 1 atom stereocenters. The minimum absolute atomic E-state index is 0.269. The van der Waals surface area contributed by atoms with Gasteiger partial charge in [0.1, 0.15) is 5.82 Å². The number of methoxy groups -OCH3 is 1. The Balaban J connectivity index is 2.12. The van der Waals surface area contributed by atoms with Crippen molar-refractivity contribution >= 4 is 23.5 Å². The topological polar surface area (TPSA) is 97.0 Å². The molecule has 0 amide bonds. The molecule has 0 bridgehead atoms. The van der Waals surface area contributed by atoms with Crippen LogP contribution in [0, 0.1) is 0 Å². The third-order valence-electron chi connectivity index (χ3n) is 4.38. The summed E-state index contributed by atoms with van der Waals surface area (Å²) >= 11 is 1.52. The average molecular weight is 386 g/mol. The summed E-state index contributed by atoms with van der Waals surface area (Å²) in [4.78, 5) is 36.9. The van der Waals surface area contributed by atoms with Crippen molar-refractivity contribution in [3.8, 4) is 0 Å². The molecule has 27 heavy (non-hydrogen) atoms. The number of fused-ring (bicyclic) bond motifs is 1. The fraction of sp³-hybridized carbons (Fsp3) is 0.368. The number of ether oxygens (including phenoxy) is 1. The molecule has 2 aromatic heterocycles. The molecule has 0 fully saturated rings. The van der Waals surface area contributed by atoms with Crippen molar-refractivity contribution in [3.63, 3.8) is 0 Å². The van der Waals surface area contributed by atoms with Gasteiger partial charge in [0.05, 0.1) is 24.2 Å². The molecule has 0 aromatic carbocycles. The van der Waals surface area contributed by atoms with Crippen molar-refractivity contribution in [2.45, 2.75) is 37.8 Å². The summed E-state index contributed by atoms with van der Waals surface area (Å²) in [5.41, 5.74) is 1.87. The van der Waals surface area contributed by atoms with Crippen LogP contribution in [-0.4, -0.2) is 33.8 Å². The van der Waals surface area contributed by atoms with E-state index in [4.69, 9.17) is 4.74 Å². The average Bonchev–Trinajstić information content (AvgIpc) is 2.67. The molecule has 7 nitrogen and oxygen atoms in total. The molecule has 0 saturated heterocycles. The Kier molecular flexibility index (Phi) is 5.95. The van der Waals surface area contributed by atoms with E-state index in [2.05, 4.69) is 27.2 Å². The summed E-state index contributed by atoms with van der Waals surface area (Å²) in [6.07, 6.45) is 5.42. The zero-order chi connectivity index (χ0) is 19.4. The monoisotopic (exact) mass is 386 g/mol. The molecule has 2 aromatic rings. The van der Waals surface area contributed by atoms with Crippen molar-refractivity contribution in [1.29, 1.82) is 0 Å². The van der Waals surface area contributed by atoms with Crippen molar-refractivity contribution in [2.24, 2.45) is 0 Å². The van der Waals surface area contributed by atoms with Gasteiger partial charge in [0.2, 0.25) is 0 Å². The summed E-state index contributed by atoms with van der Waals surface area (Å²) in [5.74, 6) is 0.275. The first-order valence-corrected chi connectivity index (χ1v) is 9.78. The first kappa shape index (κ1) is 19.2. The smallest absolute Gasteiger partial charge is 0.336 e. The van der Waals surface area contributed by atoms with E-state index in [1.165, 1.54) is 18.9 Å². The van der Waals surface area contributed by atoms with Crippen LogP contribution in [0.3, 0.4) is 0 Å². The zero-order valence-corrected chi connectivity index (χ0v) is 16.4. The third kappa shape index (κ3) is 3.90. The number of esters is 1. The van der Waals surface area contributed by atoms with Gasteiger partial charge >= 0.3 is 5.97 Å². The molecule has 8 heteroatoms. The lowest BCUT2D eigenvalue weighted by atomic mass is 9.83. The number of hydrogen-bond donors (Lipinski definition) is 2. The van der Waals surface area contributed by atoms with Gasteiger partial charge in [0, 0.05) is 23.8 Å². The summed E-state index contributed by atoms with van der Waals surface area (Å²) < 4.78 is 4.96. The quantitative estimate of drug-likeness (QED) is 0.341. The van der Waals surface area contributed by atoms with E-state index in [1.54, 1.807) is 25.4 Å². The van der Waals surface area contributed by atoms with E-state index in [0.717, 1.165) is 24.2 Å². The molecule has 0 radical (unpaired) electrons. The van der Waals surface area contributed by atoms with Gasteiger partial charge in [-0.25, -0.2) is 9.78 Å². The molecule has 3 heterocycles. The van der Waals surface area contributed by atoms with Gasteiger partial charge in [-0.15, -0.1) is 0 Å². The molecule has 3 rings (SSSR count). The van der Waals surface area contributed by atoms with Crippen molar-refractivity contribution in [3.05, 3.63) is 57.3 Å². The lowest BCUT2D eigenvalue weighted by Crippen LogP contribution is -2.31. The van der Waals surface area contributed by atoms with Crippen molar-refractivity contribution < 1.29 is 9.53 Å². The molecule has 2 N–H and O–H groups in total. The highest BCUT2D eigenvalue weighted by atomic mass is 32.2. The highest BCUT2D eigenvalue weighted by Gasteiger charge is 2.36. The van der Waals surface area contributed by atoms with Gasteiger partial charge < -0.3 is 15.0 Å². The van der Waals surface area contributed by atoms with E-state index >= 15 is 0 Å². The highest BCUT2D eigenvalue weighted by molar-refractivity contribution is 7.99. The van der Waals surface area contributed by atoms with Crippen LogP contribution < -0.4 is 10.9 Å². The fourth-order valence-electron chi connectivity index (χ4n) is 3.07. The number of hydrogen-bond acceptors (Lipinski definition) is 7. The number of thioether (sulfide) groups is 1. The zero-order valence-electron chi connectivity index (χ0n) is 15.5. The number of pyridine rings is 1. The molecule has 1 aliphatic heterocycles. The first-order valence-electron chi connectivity index (χ1n) is 8.79. The van der Waals surface area contributed by atoms with E-state index < -0.39 is 11.9 Å². The molecule has 1 aliphatic rings. The molecular formula is C19H22N4O3S. The van der Waals surface area contributed by atoms with Crippen LogP contribution in [0.25, 0.3) is 0 Å². The second kappa shape index (κ2) is 8.39. The second-order valence-electron chi connectivity index (χ2n) is 6.21. The normalized spacial score (nSPS) is 15.9. The van der Waals surface area contributed by atoms with E-state index in [1.807, 2.05) is 6.07 Å². The number of carbonyl (C=O) groups is 1. The number of nitrogens with zero attached hydrogens (tertiary/aromatic N) is 2. The van der Waals surface area contributed by atoms with E-state index in [0.29, 0.717) is 27.8 Å². The summed E-state index contributed by atoms with van der Waals surface area (Å²) in [5, 5.41) is 3.68. The van der Waals surface area contributed by atoms with Crippen LogP contribution in [0.15, 0.2) is 45.7 Å². The maximum absolute atomic E-state index is 12.9. The van der Waals surface area contributed by atoms with Crippen LogP contribution >= 0.6 is 11.8 Å². The van der Waals surface area contributed by atoms with Gasteiger partial charge in [-0.3, -0.25) is 9.78 Å². The molecule has 0 saturated carbocycles. The predicted octanol–water partition coefficient (Wildman–Crippen LogP) is 3.06. The van der Waals surface area contributed by atoms with Gasteiger partial charge in [-0.1, -0.05) is 31.2 Å². The Morgan fingerprint density at radius 2 is 2.22 bits per heavy atom. The van der Waals surface area contributed by atoms with E-state index in [-0.39, 0.29) is 5.56 Å². The van der Waals surface area contributed by atoms with Gasteiger partial charge in [-0.05, 0) is 25.0 Å². The standard InChI is InChI=1S/C19H22N4O3S/c1-4-5-9-27-19-22-16-15(17(24)23-19)14(12-7-6-8-20-10-12)13(11(2)21-16)18(25)26-3/h6-8,10,14H,4-5,9H2,1-3H3,(H2,21,22,23,24). The number of H-pyrrole nitrogens is 1. The Morgan fingerprint density at radius 1 is 1.41 bits per heavy atom. The number of anilines is 1.